The standard InChI is InChI=1S/C30H40Cl2N4O3/c1-19(28-24(31)9-6-10-25(28)32)38-26-15-21(17-36-29(26)34)22(16-33)18-35-23-8-5-7-20(11-13-23)12-14-27(37)39-30(2,3)4/h6,9-10,15-20,23H,5,7-8,11-14,33H2,1-4H3,(H2,34,36). The highest BCUT2D eigenvalue weighted by atomic mass is 35.5. The molecule has 1 aliphatic carbocycles. The molecule has 3 rings (SSSR count). The van der Waals surface area contributed by atoms with Crippen LogP contribution in [0.4, 0.5) is 5.82 Å². The minimum absolute atomic E-state index is 0.121. The van der Waals surface area contributed by atoms with Gasteiger partial charge in [-0.2, -0.15) is 0 Å². The number of nitrogen functional groups attached to an aromatic ring is 1. The molecule has 1 saturated carbocycles. The average Bonchev–Trinajstić information content (AvgIpc) is 3.09. The van der Waals surface area contributed by atoms with Crippen LogP contribution >= 0.6 is 23.2 Å². The quantitative estimate of drug-likeness (QED) is 0.181. The summed E-state index contributed by atoms with van der Waals surface area (Å²) in [5, 5.41) is 1.03. The summed E-state index contributed by atoms with van der Waals surface area (Å²) in [4.78, 5) is 21.3. The number of aliphatic imine (C=N–C) groups is 1. The van der Waals surface area contributed by atoms with Crippen LogP contribution in [0.2, 0.25) is 10.0 Å². The molecule has 0 amide bonds. The zero-order valence-corrected chi connectivity index (χ0v) is 24.8. The molecule has 3 atom stereocenters. The third kappa shape index (κ3) is 9.43. The zero-order chi connectivity index (χ0) is 28.6. The number of allylic oxidation sites excluding steroid dienone is 1. The molecule has 9 heteroatoms. The monoisotopic (exact) mass is 574 g/mol. The molecule has 1 aromatic carbocycles. The van der Waals surface area contributed by atoms with Gasteiger partial charge in [0.25, 0.3) is 0 Å². The Morgan fingerprint density at radius 1 is 1.21 bits per heavy atom. The number of aromatic nitrogens is 1. The summed E-state index contributed by atoms with van der Waals surface area (Å²) in [5.74, 6) is 1.05. The van der Waals surface area contributed by atoms with E-state index in [9.17, 15) is 4.79 Å². The van der Waals surface area contributed by atoms with Crippen molar-refractivity contribution >= 4 is 46.8 Å². The maximum atomic E-state index is 12.1. The number of anilines is 1. The van der Waals surface area contributed by atoms with Crippen molar-refractivity contribution in [3.8, 4) is 5.75 Å². The molecule has 1 fully saturated rings. The van der Waals surface area contributed by atoms with Crippen LogP contribution in [0.25, 0.3) is 5.57 Å². The van der Waals surface area contributed by atoms with Crippen molar-refractivity contribution in [3.05, 3.63) is 57.8 Å². The van der Waals surface area contributed by atoms with Crippen molar-refractivity contribution in [2.45, 2.75) is 90.4 Å². The van der Waals surface area contributed by atoms with Gasteiger partial charge in [-0.15, -0.1) is 0 Å². The number of hydrogen-bond acceptors (Lipinski definition) is 7. The third-order valence-corrected chi connectivity index (χ3v) is 7.42. The number of benzene rings is 1. The first kappa shape index (κ1) is 30.8. The fraction of sp³-hybridized carbons (Fsp3) is 0.500. The van der Waals surface area contributed by atoms with E-state index in [2.05, 4.69) is 4.98 Å². The largest absolute Gasteiger partial charge is 0.482 e. The lowest BCUT2D eigenvalue weighted by Crippen LogP contribution is -2.24. The first-order chi connectivity index (χ1) is 18.5. The Balaban J connectivity index is 1.61. The van der Waals surface area contributed by atoms with E-state index in [0.29, 0.717) is 33.7 Å². The van der Waals surface area contributed by atoms with Crippen LogP contribution in [0, 0.1) is 5.92 Å². The Bertz CT molecular complexity index is 1170. The molecule has 212 valence electrons. The van der Waals surface area contributed by atoms with E-state index in [1.807, 2.05) is 27.7 Å². The van der Waals surface area contributed by atoms with Gasteiger partial charge in [-0.25, -0.2) is 4.98 Å². The number of pyridine rings is 1. The zero-order valence-electron chi connectivity index (χ0n) is 23.3. The molecule has 3 unspecified atom stereocenters. The van der Waals surface area contributed by atoms with Crippen LogP contribution in [0.5, 0.6) is 5.75 Å². The number of nitrogens with two attached hydrogens (primary N) is 2. The molecule has 1 heterocycles. The number of carbonyl (C=O) groups is 1. The Labute approximate surface area is 242 Å². The lowest BCUT2D eigenvalue weighted by molar-refractivity contribution is -0.155. The van der Waals surface area contributed by atoms with Gasteiger partial charge >= 0.3 is 5.97 Å². The molecule has 7 nitrogen and oxygen atoms in total. The second kappa shape index (κ2) is 14.0. The van der Waals surface area contributed by atoms with Crippen LogP contribution in [0.15, 0.2) is 41.7 Å². The molecule has 0 spiro atoms. The summed E-state index contributed by atoms with van der Waals surface area (Å²) < 4.78 is 11.6. The molecule has 0 bridgehead atoms. The van der Waals surface area contributed by atoms with Crippen molar-refractivity contribution in [1.82, 2.24) is 4.98 Å². The molecule has 0 saturated heterocycles. The van der Waals surface area contributed by atoms with E-state index in [1.165, 1.54) is 6.20 Å². The van der Waals surface area contributed by atoms with Gasteiger partial charge in [0.2, 0.25) is 0 Å². The molecule has 4 N–H and O–H groups in total. The van der Waals surface area contributed by atoms with E-state index < -0.39 is 11.7 Å². The fourth-order valence-corrected chi connectivity index (χ4v) is 5.47. The topological polar surface area (TPSA) is 113 Å². The number of ether oxygens (including phenoxy) is 2. The number of rotatable bonds is 9. The van der Waals surface area contributed by atoms with Crippen LogP contribution < -0.4 is 16.2 Å². The molecule has 39 heavy (non-hydrogen) atoms. The van der Waals surface area contributed by atoms with E-state index in [4.69, 9.17) is 49.1 Å². The van der Waals surface area contributed by atoms with Gasteiger partial charge in [-0.1, -0.05) is 42.1 Å². The number of esters is 1. The van der Waals surface area contributed by atoms with Gasteiger partial charge < -0.3 is 20.9 Å². The second-order valence-corrected chi connectivity index (χ2v) is 11.9. The Hall–Kier alpha value is -2.77. The van der Waals surface area contributed by atoms with Crippen molar-refractivity contribution in [1.29, 1.82) is 0 Å². The van der Waals surface area contributed by atoms with Gasteiger partial charge in [0.15, 0.2) is 11.6 Å². The molecule has 1 aliphatic rings. The van der Waals surface area contributed by atoms with E-state index in [-0.39, 0.29) is 17.8 Å². The lowest BCUT2D eigenvalue weighted by Gasteiger charge is -2.20. The highest BCUT2D eigenvalue weighted by Crippen LogP contribution is 2.35. The number of hydrogen-bond donors (Lipinski definition) is 2. The number of carbonyl (C=O) groups excluding carboxylic acids is 1. The van der Waals surface area contributed by atoms with Crippen molar-refractivity contribution in [2.75, 3.05) is 5.73 Å². The normalized spacial score (nSPS) is 19.5. The summed E-state index contributed by atoms with van der Waals surface area (Å²) in [6.45, 7) is 7.55. The molecular formula is C30H40Cl2N4O3. The second-order valence-electron chi connectivity index (χ2n) is 11.1. The van der Waals surface area contributed by atoms with Crippen LogP contribution in [-0.2, 0) is 9.53 Å². The minimum atomic E-state index is -0.446. The Morgan fingerprint density at radius 3 is 2.59 bits per heavy atom. The summed E-state index contributed by atoms with van der Waals surface area (Å²) in [6, 6.07) is 7.32. The predicted octanol–water partition coefficient (Wildman–Crippen LogP) is 7.55. The summed E-state index contributed by atoms with van der Waals surface area (Å²) in [7, 11) is 0. The number of halogens is 2. The van der Waals surface area contributed by atoms with Gasteiger partial charge in [-0.3, -0.25) is 9.79 Å². The van der Waals surface area contributed by atoms with E-state index >= 15 is 0 Å². The Kier molecular flexibility index (Phi) is 11.1. The molecule has 0 radical (unpaired) electrons. The molecule has 0 aliphatic heterocycles. The van der Waals surface area contributed by atoms with Gasteiger partial charge in [0.05, 0.1) is 0 Å². The van der Waals surface area contributed by atoms with Gasteiger partial charge in [-0.05, 0) is 77.5 Å². The molecule has 2 aromatic rings. The summed E-state index contributed by atoms with van der Waals surface area (Å²) in [5.41, 5.74) is 13.8. The Morgan fingerprint density at radius 2 is 1.92 bits per heavy atom. The van der Waals surface area contributed by atoms with Crippen molar-refractivity contribution < 1.29 is 14.3 Å². The summed E-state index contributed by atoms with van der Waals surface area (Å²) in [6.07, 6.45) is 11.0. The van der Waals surface area contributed by atoms with E-state index in [1.54, 1.807) is 36.7 Å². The van der Waals surface area contributed by atoms with Gasteiger partial charge in [0, 0.05) is 57.8 Å². The smallest absolute Gasteiger partial charge is 0.306 e. The molecule has 1 aromatic heterocycles. The molecular weight excluding hydrogens is 535 g/mol. The lowest BCUT2D eigenvalue weighted by atomic mass is 9.95. The highest BCUT2D eigenvalue weighted by molar-refractivity contribution is 6.36. The summed E-state index contributed by atoms with van der Waals surface area (Å²) >= 11 is 12.7. The maximum absolute atomic E-state index is 12.1. The average molecular weight is 576 g/mol. The fourth-order valence-electron chi connectivity index (χ4n) is 4.77. The van der Waals surface area contributed by atoms with Crippen LogP contribution in [0.3, 0.4) is 0 Å². The van der Waals surface area contributed by atoms with Gasteiger partial charge in [0.1, 0.15) is 11.7 Å². The highest BCUT2D eigenvalue weighted by Gasteiger charge is 2.22. The third-order valence-electron chi connectivity index (χ3n) is 6.76. The SMILES string of the molecule is CC(Oc1cc(C(C=NC2CCCC(CCC(=O)OC(C)(C)C)CC2)=CN)cnc1N)c1c(Cl)cccc1Cl. The first-order valence-electron chi connectivity index (χ1n) is 13.5. The van der Waals surface area contributed by atoms with Crippen LogP contribution in [0.1, 0.15) is 89.9 Å². The predicted molar refractivity (Wildman–Crippen MR) is 160 cm³/mol. The first-order valence-corrected chi connectivity index (χ1v) is 14.3. The van der Waals surface area contributed by atoms with E-state index in [0.717, 1.165) is 49.7 Å². The van der Waals surface area contributed by atoms with Crippen molar-refractivity contribution in [2.24, 2.45) is 16.6 Å². The number of nitrogens with zero attached hydrogens (tertiary/aromatic N) is 2. The van der Waals surface area contributed by atoms with Crippen molar-refractivity contribution in [3.63, 3.8) is 0 Å². The minimum Gasteiger partial charge on any atom is -0.482 e. The van der Waals surface area contributed by atoms with Crippen LogP contribution in [-0.4, -0.2) is 28.8 Å². The maximum Gasteiger partial charge on any atom is 0.306 e.